The largest absolute Gasteiger partial charge is 0.478 e. The van der Waals surface area contributed by atoms with Gasteiger partial charge in [0.05, 0.1) is 15.5 Å². The molecule has 0 bridgehead atoms. The number of nitro groups is 1. The lowest BCUT2D eigenvalue weighted by atomic mass is 10.2. The third-order valence-electron chi connectivity index (χ3n) is 2.68. The molecule has 1 N–H and O–H groups in total. The Morgan fingerprint density at radius 3 is 2.62 bits per heavy atom. The fourth-order valence-corrected chi connectivity index (χ4v) is 3.11. The van der Waals surface area contributed by atoms with Crippen LogP contribution >= 0.6 is 23.4 Å². The molecule has 21 heavy (non-hydrogen) atoms. The summed E-state index contributed by atoms with van der Waals surface area (Å²) in [6.45, 7) is 1.92. The summed E-state index contributed by atoms with van der Waals surface area (Å²) in [6, 6.07) is 9.64. The number of halogens is 1. The SMILES string of the molecule is Cc1cccc(Sc2c(Cl)cc([N+](=O)[O-])cc2C(=O)O)c1. The standard InChI is InChI=1S/C14H10ClNO4S/c1-8-3-2-4-10(5-8)21-13-11(14(17)18)6-9(16(19)20)7-12(13)15/h2-7H,1H3,(H,17,18). The van der Waals surface area contributed by atoms with Crippen LogP contribution in [0, 0.1) is 17.0 Å². The fraction of sp³-hybridized carbons (Fsp3) is 0.0714. The first-order valence-corrected chi connectivity index (χ1v) is 7.03. The van der Waals surface area contributed by atoms with Gasteiger partial charge in [-0.1, -0.05) is 41.1 Å². The van der Waals surface area contributed by atoms with Gasteiger partial charge in [0.15, 0.2) is 0 Å². The smallest absolute Gasteiger partial charge is 0.337 e. The van der Waals surface area contributed by atoms with E-state index in [1.807, 2.05) is 31.2 Å². The molecule has 0 aliphatic heterocycles. The van der Waals surface area contributed by atoms with Crippen LogP contribution in [0.2, 0.25) is 5.02 Å². The lowest BCUT2D eigenvalue weighted by Crippen LogP contribution is -2.01. The average molecular weight is 324 g/mol. The van der Waals surface area contributed by atoms with E-state index in [2.05, 4.69) is 0 Å². The second-order valence-electron chi connectivity index (χ2n) is 4.29. The molecule has 2 aromatic rings. The first kappa shape index (κ1) is 15.3. The maximum absolute atomic E-state index is 11.3. The number of nitrogens with zero attached hydrogens (tertiary/aromatic N) is 1. The molecule has 0 radical (unpaired) electrons. The van der Waals surface area contributed by atoms with Crippen LogP contribution in [-0.4, -0.2) is 16.0 Å². The minimum absolute atomic E-state index is 0.0492. The molecule has 0 aliphatic rings. The van der Waals surface area contributed by atoms with Crippen LogP contribution < -0.4 is 0 Å². The van der Waals surface area contributed by atoms with Crippen LogP contribution in [-0.2, 0) is 0 Å². The number of carboxylic acids is 1. The quantitative estimate of drug-likeness (QED) is 0.666. The Balaban J connectivity index is 2.52. The Bertz CT molecular complexity index is 733. The first-order chi connectivity index (χ1) is 9.88. The molecule has 0 aromatic heterocycles. The van der Waals surface area contributed by atoms with E-state index in [-0.39, 0.29) is 16.3 Å². The van der Waals surface area contributed by atoms with Gasteiger partial charge < -0.3 is 5.11 Å². The van der Waals surface area contributed by atoms with Gasteiger partial charge in [0, 0.05) is 21.9 Å². The third kappa shape index (κ3) is 3.53. The zero-order chi connectivity index (χ0) is 15.6. The van der Waals surface area contributed by atoms with Crippen molar-refractivity contribution in [2.75, 3.05) is 0 Å². The van der Waals surface area contributed by atoms with Crippen LogP contribution in [0.4, 0.5) is 5.69 Å². The molecule has 0 amide bonds. The van der Waals surface area contributed by atoms with Crippen molar-refractivity contribution < 1.29 is 14.8 Å². The van der Waals surface area contributed by atoms with Gasteiger partial charge in [-0.3, -0.25) is 10.1 Å². The van der Waals surface area contributed by atoms with Crippen molar-refractivity contribution in [2.45, 2.75) is 16.7 Å². The van der Waals surface area contributed by atoms with Gasteiger partial charge >= 0.3 is 5.97 Å². The summed E-state index contributed by atoms with van der Waals surface area (Å²) in [5, 5.41) is 20.1. The zero-order valence-corrected chi connectivity index (χ0v) is 12.4. The lowest BCUT2D eigenvalue weighted by Gasteiger charge is -2.09. The topological polar surface area (TPSA) is 80.4 Å². The van der Waals surface area contributed by atoms with E-state index in [1.165, 1.54) is 11.8 Å². The highest BCUT2D eigenvalue weighted by Gasteiger charge is 2.20. The Morgan fingerprint density at radius 1 is 1.33 bits per heavy atom. The molecule has 7 heteroatoms. The zero-order valence-electron chi connectivity index (χ0n) is 10.9. The van der Waals surface area contributed by atoms with Gasteiger partial charge in [-0.2, -0.15) is 0 Å². The number of carboxylic acid groups (broad SMARTS) is 1. The number of carbonyl (C=O) groups is 1. The van der Waals surface area contributed by atoms with Gasteiger partial charge in [-0.05, 0) is 19.1 Å². The predicted molar refractivity (Wildman–Crippen MR) is 80.4 cm³/mol. The fourth-order valence-electron chi connectivity index (χ4n) is 1.74. The number of rotatable bonds is 4. The number of aromatic carboxylic acids is 1. The molecule has 0 heterocycles. The van der Waals surface area contributed by atoms with Crippen molar-refractivity contribution in [2.24, 2.45) is 0 Å². The van der Waals surface area contributed by atoms with Crippen molar-refractivity contribution in [1.82, 2.24) is 0 Å². The van der Waals surface area contributed by atoms with Crippen LogP contribution in [0.5, 0.6) is 0 Å². The summed E-state index contributed by atoms with van der Waals surface area (Å²) in [5.74, 6) is -1.25. The third-order valence-corrected chi connectivity index (χ3v) is 4.22. The van der Waals surface area contributed by atoms with Gasteiger partial charge in [0.25, 0.3) is 5.69 Å². The minimum atomic E-state index is -1.25. The van der Waals surface area contributed by atoms with Crippen molar-refractivity contribution in [3.05, 3.63) is 62.7 Å². The normalized spacial score (nSPS) is 10.4. The van der Waals surface area contributed by atoms with Gasteiger partial charge in [0.2, 0.25) is 0 Å². The van der Waals surface area contributed by atoms with E-state index in [9.17, 15) is 20.0 Å². The maximum Gasteiger partial charge on any atom is 0.337 e. The van der Waals surface area contributed by atoms with Crippen LogP contribution in [0.15, 0.2) is 46.2 Å². The number of non-ortho nitro benzene ring substituents is 1. The number of hydrogen-bond donors (Lipinski definition) is 1. The molecule has 0 atom stereocenters. The Labute approximate surface area is 129 Å². The number of nitro benzene ring substituents is 1. The molecule has 0 spiro atoms. The van der Waals surface area contributed by atoms with Crippen molar-refractivity contribution >= 4 is 35.0 Å². The van der Waals surface area contributed by atoms with E-state index in [4.69, 9.17) is 11.6 Å². The van der Waals surface area contributed by atoms with Crippen LogP contribution in [0.3, 0.4) is 0 Å². The summed E-state index contributed by atoms with van der Waals surface area (Å²) in [5.41, 5.74) is 0.501. The highest BCUT2D eigenvalue weighted by Crippen LogP contribution is 2.38. The molecule has 0 saturated heterocycles. The molecule has 108 valence electrons. The molecule has 2 rings (SSSR count). The van der Waals surface area contributed by atoms with Gasteiger partial charge in [-0.15, -0.1) is 0 Å². The summed E-state index contributed by atoms with van der Waals surface area (Å²) < 4.78 is 0. The minimum Gasteiger partial charge on any atom is -0.478 e. The number of hydrogen-bond acceptors (Lipinski definition) is 4. The van der Waals surface area contributed by atoms with Crippen LogP contribution in [0.25, 0.3) is 0 Å². The van der Waals surface area contributed by atoms with E-state index >= 15 is 0 Å². The second-order valence-corrected chi connectivity index (χ2v) is 5.78. The van der Waals surface area contributed by atoms with Crippen molar-refractivity contribution in [1.29, 1.82) is 0 Å². The average Bonchev–Trinajstić information content (AvgIpc) is 2.40. The van der Waals surface area contributed by atoms with Gasteiger partial charge in [0.1, 0.15) is 0 Å². The molecule has 5 nitrogen and oxygen atoms in total. The predicted octanol–water partition coefficient (Wildman–Crippen LogP) is 4.41. The molecular weight excluding hydrogens is 314 g/mol. The first-order valence-electron chi connectivity index (χ1n) is 5.84. The molecular formula is C14H10ClNO4S. The Kier molecular flexibility index (Phi) is 4.50. The monoisotopic (exact) mass is 323 g/mol. The van der Waals surface area contributed by atoms with Crippen molar-refractivity contribution in [3.63, 3.8) is 0 Å². The molecule has 0 saturated carbocycles. The molecule has 2 aromatic carbocycles. The summed E-state index contributed by atoms with van der Waals surface area (Å²) in [7, 11) is 0. The number of benzene rings is 2. The highest BCUT2D eigenvalue weighted by atomic mass is 35.5. The van der Waals surface area contributed by atoms with E-state index < -0.39 is 10.9 Å². The van der Waals surface area contributed by atoms with Crippen molar-refractivity contribution in [3.8, 4) is 0 Å². The summed E-state index contributed by atoms with van der Waals surface area (Å²) in [4.78, 5) is 22.5. The molecule has 0 aliphatic carbocycles. The van der Waals surface area contributed by atoms with E-state index in [0.29, 0.717) is 4.90 Å². The number of aryl methyl sites for hydroxylation is 1. The Morgan fingerprint density at radius 2 is 2.05 bits per heavy atom. The maximum atomic E-state index is 11.3. The summed E-state index contributed by atoms with van der Waals surface area (Å²) >= 11 is 7.19. The van der Waals surface area contributed by atoms with Gasteiger partial charge in [-0.25, -0.2) is 4.79 Å². The Hall–Kier alpha value is -2.05. The molecule has 0 unspecified atom stereocenters. The van der Waals surface area contributed by atoms with Crippen LogP contribution in [0.1, 0.15) is 15.9 Å². The van der Waals surface area contributed by atoms with E-state index in [0.717, 1.165) is 22.6 Å². The second kappa shape index (κ2) is 6.15. The lowest BCUT2D eigenvalue weighted by molar-refractivity contribution is -0.384. The highest BCUT2D eigenvalue weighted by molar-refractivity contribution is 7.99. The summed E-state index contributed by atoms with van der Waals surface area (Å²) in [6.07, 6.45) is 0. The molecule has 0 fully saturated rings. The van der Waals surface area contributed by atoms with E-state index in [1.54, 1.807) is 0 Å².